The van der Waals surface area contributed by atoms with Crippen LogP contribution in [0.5, 0.6) is 0 Å². The van der Waals surface area contributed by atoms with Gasteiger partial charge in [-0.1, -0.05) is 41.9 Å². The number of benzene rings is 3. The number of anilines is 2. The molecule has 3 atom stereocenters. The lowest BCUT2D eigenvalue weighted by Crippen LogP contribution is -2.29. The number of ether oxygens (including phenoxy) is 1. The minimum Gasteiger partial charge on any atom is -0.378 e. The number of halogens is 1. The molecule has 8 heteroatoms. The fraction of sp³-hybridized carbons (Fsp3) is 0.321. The van der Waals surface area contributed by atoms with Crippen molar-refractivity contribution in [2.75, 3.05) is 16.6 Å². The quantitative estimate of drug-likeness (QED) is 0.372. The Labute approximate surface area is 216 Å². The van der Waals surface area contributed by atoms with Gasteiger partial charge in [0.1, 0.15) is 0 Å². The van der Waals surface area contributed by atoms with Crippen molar-refractivity contribution in [3.8, 4) is 0 Å². The van der Waals surface area contributed by atoms with E-state index in [4.69, 9.17) is 16.3 Å². The molecule has 1 saturated carbocycles. The van der Waals surface area contributed by atoms with Crippen LogP contribution in [0.15, 0.2) is 65.6 Å². The molecule has 2 N–H and O–H groups in total. The Morgan fingerprint density at radius 3 is 2.53 bits per heavy atom. The van der Waals surface area contributed by atoms with Crippen molar-refractivity contribution in [2.24, 2.45) is 11.8 Å². The Hall–Kier alpha value is -2.87. The maximum Gasteiger partial charge on any atom is 0.261 e. The van der Waals surface area contributed by atoms with Crippen LogP contribution in [-0.4, -0.2) is 20.8 Å². The van der Waals surface area contributed by atoms with Crippen molar-refractivity contribution in [1.82, 2.24) is 0 Å². The predicted octanol–water partition coefficient (Wildman–Crippen LogP) is 6.29. The molecule has 3 aromatic carbocycles. The summed E-state index contributed by atoms with van der Waals surface area (Å²) < 4.78 is 35.1. The smallest absolute Gasteiger partial charge is 0.261 e. The van der Waals surface area contributed by atoms with Crippen LogP contribution >= 0.6 is 11.6 Å². The van der Waals surface area contributed by atoms with E-state index in [1.165, 1.54) is 0 Å². The fourth-order valence-corrected chi connectivity index (χ4v) is 6.52. The van der Waals surface area contributed by atoms with Gasteiger partial charge < -0.3 is 10.1 Å². The van der Waals surface area contributed by atoms with E-state index in [0.29, 0.717) is 17.3 Å². The molecule has 1 unspecified atom stereocenters. The molecular formula is C28H27ClN2O4S. The first kappa shape index (κ1) is 23.5. The van der Waals surface area contributed by atoms with E-state index in [1.54, 1.807) is 30.3 Å². The van der Waals surface area contributed by atoms with Gasteiger partial charge in [0.25, 0.3) is 10.0 Å². The number of carbonyl (C=O) groups is 1. The Morgan fingerprint density at radius 2 is 1.81 bits per heavy atom. The van der Waals surface area contributed by atoms with Crippen LogP contribution in [-0.2, 0) is 14.8 Å². The highest BCUT2D eigenvalue weighted by Gasteiger charge is 2.42. The molecule has 2 fully saturated rings. The minimum absolute atomic E-state index is 0.0189. The van der Waals surface area contributed by atoms with Crippen LogP contribution in [0.1, 0.15) is 58.5 Å². The molecule has 0 spiro atoms. The summed E-state index contributed by atoms with van der Waals surface area (Å²) in [4.78, 5) is 12.6. The van der Waals surface area contributed by atoms with Gasteiger partial charge in [0.15, 0.2) is 5.78 Å². The third kappa shape index (κ3) is 4.29. The SMILES string of the molecule is Cc1ccc(NS(=O)(=O)c2ccc3c(c2)[C@H]2OCC[C@H]2C(c2ccc(C(=O)C4CC4)cc2)N3)cc1Cl. The number of Topliss-reactive ketones (excluding diaryl/α,β-unsaturated/α-hetero) is 1. The van der Waals surface area contributed by atoms with Gasteiger partial charge in [-0.2, -0.15) is 0 Å². The summed E-state index contributed by atoms with van der Waals surface area (Å²) in [5.74, 6) is 0.594. The molecule has 2 aliphatic heterocycles. The normalized spacial score (nSPS) is 22.9. The lowest BCUT2D eigenvalue weighted by atomic mass is 9.81. The standard InChI is InChI=1S/C28H27ClN2O4S/c1-16-2-9-20(14-24(16)29)31-36(33,34)21-10-11-25-23(15-21)28-22(12-13-35-28)26(30-25)17-3-5-18(6-4-17)27(32)19-7-8-19/h2-6,9-11,14-15,19,22,26,28,30-31H,7-8,12-13H2,1H3/t22-,26?,28-/m0/s1. The lowest BCUT2D eigenvalue weighted by Gasteiger charge is -2.36. The molecule has 6 nitrogen and oxygen atoms in total. The van der Waals surface area contributed by atoms with Gasteiger partial charge in [0, 0.05) is 40.3 Å². The summed E-state index contributed by atoms with van der Waals surface area (Å²) in [6.07, 6.45) is 2.65. The van der Waals surface area contributed by atoms with Crippen molar-refractivity contribution < 1.29 is 17.9 Å². The van der Waals surface area contributed by atoms with Crippen LogP contribution in [0.3, 0.4) is 0 Å². The van der Waals surface area contributed by atoms with Crippen molar-refractivity contribution in [3.05, 3.63) is 87.9 Å². The van der Waals surface area contributed by atoms with E-state index >= 15 is 0 Å². The highest BCUT2D eigenvalue weighted by Crippen LogP contribution is 2.50. The largest absolute Gasteiger partial charge is 0.378 e. The zero-order valence-electron chi connectivity index (χ0n) is 19.8. The van der Waals surface area contributed by atoms with Crippen molar-refractivity contribution in [1.29, 1.82) is 0 Å². The second kappa shape index (κ2) is 8.91. The van der Waals surface area contributed by atoms with E-state index in [9.17, 15) is 13.2 Å². The summed E-state index contributed by atoms with van der Waals surface area (Å²) in [6, 6.07) is 18.1. The first-order valence-corrected chi connectivity index (χ1v) is 14.1. The Bertz CT molecular complexity index is 1450. The number of nitrogens with one attached hydrogen (secondary N) is 2. The molecule has 0 aromatic heterocycles. The van der Waals surface area contributed by atoms with E-state index in [-0.39, 0.29) is 34.7 Å². The van der Waals surface area contributed by atoms with Gasteiger partial charge in [-0.05, 0) is 67.6 Å². The zero-order valence-corrected chi connectivity index (χ0v) is 21.4. The van der Waals surface area contributed by atoms with E-state index in [1.807, 2.05) is 37.3 Å². The molecule has 3 aromatic rings. The van der Waals surface area contributed by atoms with E-state index in [2.05, 4.69) is 10.0 Å². The van der Waals surface area contributed by atoms with Gasteiger partial charge in [-0.15, -0.1) is 0 Å². The van der Waals surface area contributed by atoms with E-state index < -0.39 is 10.0 Å². The van der Waals surface area contributed by atoms with E-state index in [0.717, 1.165) is 47.2 Å². The predicted molar refractivity (Wildman–Crippen MR) is 140 cm³/mol. The lowest BCUT2D eigenvalue weighted by molar-refractivity contribution is 0.0827. The number of rotatable bonds is 6. The molecule has 1 saturated heterocycles. The molecule has 0 bridgehead atoms. The fourth-order valence-electron chi connectivity index (χ4n) is 5.25. The van der Waals surface area contributed by atoms with Crippen molar-refractivity contribution >= 4 is 38.8 Å². The third-order valence-corrected chi connectivity index (χ3v) is 9.23. The molecule has 0 amide bonds. The molecule has 6 rings (SSSR count). The third-order valence-electron chi connectivity index (χ3n) is 7.44. The van der Waals surface area contributed by atoms with Gasteiger partial charge >= 0.3 is 0 Å². The first-order valence-electron chi connectivity index (χ1n) is 12.3. The molecular weight excluding hydrogens is 496 g/mol. The highest BCUT2D eigenvalue weighted by molar-refractivity contribution is 7.92. The molecule has 3 aliphatic rings. The van der Waals surface area contributed by atoms with Crippen molar-refractivity contribution in [2.45, 2.75) is 43.2 Å². The monoisotopic (exact) mass is 522 g/mol. The number of sulfonamides is 1. The average molecular weight is 523 g/mol. The van der Waals surface area contributed by atoms with Crippen LogP contribution in [0, 0.1) is 18.8 Å². The second-order valence-electron chi connectivity index (χ2n) is 9.94. The summed E-state index contributed by atoms with van der Waals surface area (Å²) >= 11 is 6.17. The average Bonchev–Trinajstić information content (AvgIpc) is 3.60. The number of hydrogen-bond acceptors (Lipinski definition) is 5. The Balaban J connectivity index is 1.28. The first-order chi connectivity index (χ1) is 17.3. The Kier molecular flexibility index (Phi) is 5.82. The minimum atomic E-state index is -3.81. The van der Waals surface area contributed by atoms with Crippen LogP contribution in [0.4, 0.5) is 11.4 Å². The number of fused-ring (bicyclic) bond motifs is 3. The maximum atomic E-state index is 13.2. The molecule has 2 heterocycles. The molecule has 0 radical (unpaired) electrons. The van der Waals surface area contributed by atoms with Crippen LogP contribution in [0.25, 0.3) is 0 Å². The Morgan fingerprint density at radius 1 is 1.03 bits per heavy atom. The maximum absolute atomic E-state index is 13.2. The summed E-state index contributed by atoms with van der Waals surface area (Å²) in [6.45, 7) is 2.48. The van der Waals surface area contributed by atoms with Gasteiger partial charge in [-0.3, -0.25) is 9.52 Å². The molecule has 186 valence electrons. The second-order valence-corrected chi connectivity index (χ2v) is 12.0. The molecule has 36 heavy (non-hydrogen) atoms. The van der Waals surface area contributed by atoms with Crippen LogP contribution in [0.2, 0.25) is 5.02 Å². The highest BCUT2D eigenvalue weighted by atomic mass is 35.5. The topological polar surface area (TPSA) is 84.5 Å². The van der Waals surface area contributed by atoms with Gasteiger partial charge in [0.2, 0.25) is 0 Å². The number of hydrogen-bond donors (Lipinski definition) is 2. The summed E-state index contributed by atoms with van der Waals surface area (Å²) in [7, 11) is -3.81. The summed E-state index contributed by atoms with van der Waals surface area (Å²) in [5.41, 5.74) is 4.87. The molecule has 1 aliphatic carbocycles. The van der Waals surface area contributed by atoms with Gasteiger partial charge in [0.05, 0.1) is 22.7 Å². The van der Waals surface area contributed by atoms with Gasteiger partial charge in [-0.25, -0.2) is 8.42 Å². The number of ketones is 1. The summed E-state index contributed by atoms with van der Waals surface area (Å²) in [5, 5.41) is 4.12. The zero-order chi connectivity index (χ0) is 25.0. The number of aryl methyl sites for hydroxylation is 1. The van der Waals surface area contributed by atoms with Crippen molar-refractivity contribution in [3.63, 3.8) is 0 Å². The number of carbonyl (C=O) groups excluding carboxylic acids is 1. The van der Waals surface area contributed by atoms with Crippen LogP contribution < -0.4 is 10.0 Å².